The van der Waals surface area contributed by atoms with Gasteiger partial charge in [0.2, 0.25) is 5.91 Å². The molecule has 1 N–H and O–H groups in total. The molecule has 6 heteroatoms. The summed E-state index contributed by atoms with van der Waals surface area (Å²) in [6.45, 7) is 4.78. The van der Waals surface area contributed by atoms with E-state index < -0.39 is 6.04 Å². The highest BCUT2D eigenvalue weighted by Crippen LogP contribution is 2.19. The highest BCUT2D eigenvalue weighted by Gasteiger charge is 2.30. The minimum Gasteiger partial charge on any atom is -0.484 e. The molecule has 0 radical (unpaired) electrons. The molecule has 1 atom stereocenters. The van der Waals surface area contributed by atoms with Crippen LogP contribution in [0, 0.1) is 6.92 Å². The lowest BCUT2D eigenvalue weighted by molar-refractivity contribution is -0.142. The quantitative estimate of drug-likeness (QED) is 0.335. The number of hydrogen-bond donors (Lipinski definition) is 1. The number of carbonyl (C=O) groups is 2. The number of nitrogens with one attached hydrogen (secondary N) is 1. The van der Waals surface area contributed by atoms with Gasteiger partial charge in [-0.25, -0.2) is 0 Å². The van der Waals surface area contributed by atoms with E-state index in [1.807, 2.05) is 61.5 Å². The van der Waals surface area contributed by atoms with Gasteiger partial charge in [-0.2, -0.15) is 0 Å². The summed E-state index contributed by atoms with van der Waals surface area (Å²) in [7, 11) is 0. The summed E-state index contributed by atoms with van der Waals surface area (Å²) in [5, 5.41) is 3.56. The van der Waals surface area contributed by atoms with E-state index >= 15 is 0 Å². The monoisotopic (exact) mass is 492 g/mol. The lowest BCUT2D eigenvalue weighted by Crippen LogP contribution is -2.51. The standard InChI is InChI=1S/C29H33ClN2O3/c1-3-4-17-31-29(34)27(18-23-9-6-5-7-10-23)32(20-24-15-13-22(2)14-16-24)28(33)21-35-26-12-8-11-25(30)19-26/h5-16,19,27H,3-4,17-18,20-21H2,1-2H3,(H,31,34)/t27-/m0/s1. The maximum absolute atomic E-state index is 13.5. The van der Waals surface area contributed by atoms with Gasteiger partial charge < -0.3 is 15.0 Å². The number of aryl methyl sites for hydroxylation is 1. The van der Waals surface area contributed by atoms with Crippen molar-refractivity contribution in [3.63, 3.8) is 0 Å². The highest BCUT2D eigenvalue weighted by molar-refractivity contribution is 6.30. The molecular weight excluding hydrogens is 460 g/mol. The van der Waals surface area contributed by atoms with E-state index in [0.717, 1.165) is 29.5 Å². The average molecular weight is 493 g/mol. The van der Waals surface area contributed by atoms with Crippen LogP contribution < -0.4 is 10.1 Å². The van der Waals surface area contributed by atoms with E-state index in [9.17, 15) is 9.59 Å². The van der Waals surface area contributed by atoms with E-state index in [0.29, 0.717) is 30.3 Å². The van der Waals surface area contributed by atoms with Crippen LogP contribution in [0.5, 0.6) is 5.75 Å². The van der Waals surface area contributed by atoms with Gasteiger partial charge in [-0.15, -0.1) is 0 Å². The second kappa shape index (κ2) is 13.5. The molecule has 5 nitrogen and oxygen atoms in total. The molecule has 0 bridgehead atoms. The molecule has 3 aromatic carbocycles. The number of benzene rings is 3. The van der Waals surface area contributed by atoms with E-state index in [1.54, 1.807) is 29.2 Å². The average Bonchev–Trinajstić information content (AvgIpc) is 2.86. The maximum Gasteiger partial charge on any atom is 0.261 e. The zero-order valence-electron chi connectivity index (χ0n) is 20.4. The first-order chi connectivity index (χ1) is 17.0. The molecule has 0 aromatic heterocycles. The Hall–Kier alpha value is -3.31. The van der Waals surface area contributed by atoms with Gasteiger partial charge in [-0.1, -0.05) is 91.2 Å². The zero-order chi connectivity index (χ0) is 25.0. The molecule has 0 aliphatic heterocycles. The third-order valence-electron chi connectivity index (χ3n) is 5.73. The fraction of sp³-hybridized carbons (Fsp3) is 0.310. The Labute approximate surface area is 213 Å². The van der Waals surface area contributed by atoms with Crippen LogP contribution in [0.4, 0.5) is 0 Å². The number of unbranched alkanes of at least 4 members (excludes halogenated alkanes) is 1. The van der Waals surface area contributed by atoms with E-state index in [2.05, 4.69) is 12.2 Å². The molecule has 0 unspecified atom stereocenters. The Morgan fingerprint density at radius 3 is 2.40 bits per heavy atom. The SMILES string of the molecule is CCCCNC(=O)[C@H](Cc1ccccc1)N(Cc1ccc(C)cc1)C(=O)COc1cccc(Cl)c1. The number of ether oxygens (including phenoxy) is 1. The summed E-state index contributed by atoms with van der Waals surface area (Å²) in [4.78, 5) is 28.5. The third-order valence-corrected chi connectivity index (χ3v) is 5.97. The third kappa shape index (κ3) is 8.45. The Kier molecular flexibility index (Phi) is 10.2. The molecule has 0 fully saturated rings. The van der Waals surface area contributed by atoms with Crippen LogP contribution in [0.3, 0.4) is 0 Å². The Morgan fingerprint density at radius 2 is 1.71 bits per heavy atom. The zero-order valence-corrected chi connectivity index (χ0v) is 21.1. The van der Waals surface area contributed by atoms with Crippen molar-refractivity contribution in [2.24, 2.45) is 0 Å². The summed E-state index contributed by atoms with van der Waals surface area (Å²) in [6.07, 6.45) is 2.27. The van der Waals surface area contributed by atoms with Crippen LogP contribution in [0.2, 0.25) is 5.02 Å². The lowest BCUT2D eigenvalue weighted by atomic mass is 10.0. The molecule has 2 amide bonds. The van der Waals surface area contributed by atoms with Crippen LogP contribution in [0.1, 0.15) is 36.5 Å². The van der Waals surface area contributed by atoms with Crippen LogP contribution in [-0.4, -0.2) is 35.9 Å². The molecule has 0 aliphatic rings. The van der Waals surface area contributed by atoms with Crippen molar-refractivity contribution < 1.29 is 14.3 Å². The number of nitrogens with zero attached hydrogens (tertiary/aromatic N) is 1. The van der Waals surface area contributed by atoms with Crippen LogP contribution >= 0.6 is 11.6 Å². The van der Waals surface area contributed by atoms with Gasteiger partial charge in [0.25, 0.3) is 5.91 Å². The lowest BCUT2D eigenvalue weighted by Gasteiger charge is -2.31. The van der Waals surface area contributed by atoms with Gasteiger partial charge in [-0.05, 0) is 42.7 Å². The fourth-order valence-corrected chi connectivity index (χ4v) is 3.92. The Balaban J connectivity index is 1.87. The largest absolute Gasteiger partial charge is 0.484 e. The van der Waals surface area contributed by atoms with Gasteiger partial charge in [0, 0.05) is 24.5 Å². The summed E-state index contributed by atoms with van der Waals surface area (Å²) in [5.41, 5.74) is 3.07. The van der Waals surface area contributed by atoms with Gasteiger partial charge in [0.15, 0.2) is 6.61 Å². The molecule has 184 valence electrons. The number of halogens is 1. The van der Waals surface area contributed by atoms with Gasteiger partial charge in [0.1, 0.15) is 11.8 Å². The van der Waals surface area contributed by atoms with Crippen molar-refractivity contribution in [2.45, 2.75) is 45.7 Å². The van der Waals surface area contributed by atoms with Gasteiger partial charge in [0.05, 0.1) is 0 Å². The minimum absolute atomic E-state index is 0.162. The van der Waals surface area contributed by atoms with Crippen molar-refractivity contribution in [2.75, 3.05) is 13.2 Å². The Morgan fingerprint density at radius 1 is 0.971 bits per heavy atom. The predicted octanol–water partition coefficient (Wildman–Crippen LogP) is 5.58. The molecule has 0 saturated carbocycles. The van der Waals surface area contributed by atoms with E-state index in [4.69, 9.17) is 16.3 Å². The van der Waals surface area contributed by atoms with E-state index in [1.165, 1.54) is 0 Å². The topological polar surface area (TPSA) is 58.6 Å². The van der Waals surface area contributed by atoms with E-state index in [-0.39, 0.29) is 18.4 Å². The predicted molar refractivity (Wildman–Crippen MR) is 141 cm³/mol. The second-order valence-corrected chi connectivity index (χ2v) is 9.04. The fourth-order valence-electron chi connectivity index (χ4n) is 3.74. The maximum atomic E-state index is 13.5. The molecule has 0 saturated heterocycles. The molecule has 35 heavy (non-hydrogen) atoms. The minimum atomic E-state index is -0.675. The second-order valence-electron chi connectivity index (χ2n) is 8.60. The first-order valence-corrected chi connectivity index (χ1v) is 12.4. The van der Waals surface area contributed by atoms with Gasteiger partial charge in [-0.3, -0.25) is 9.59 Å². The summed E-state index contributed by atoms with van der Waals surface area (Å²) < 4.78 is 5.76. The van der Waals surface area contributed by atoms with Crippen molar-refractivity contribution >= 4 is 23.4 Å². The van der Waals surface area contributed by atoms with Crippen molar-refractivity contribution in [1.82, 2.24) is 10.2 Å². The molecule has 3 aromatic rings. The van der Waals surface area contributed by atoms with Crippen molar-refractivity contribution in [3.8, 4) is 5.75 Å². The van der Waals surface area contributed by atoms with Crippen molar-refractivity contribution in [1.29, 1.82) is 0 Å². The van der Waals surface area contributed by atoms with Gasteiger partial charge >= 0.3 is 0 Å². The van der Waals surface area contributed by atoms with Crippen LogP contribution in [0.25, 0.3) is 0 Å². The van der Waals surface area contributed by atoms with Crippen LogP contribution in [-0.2, 0) is 22.6 Å². The molecular formula is C29H33ClN2O3. The molecule has 0 heterocycles. The number of hydrogen-bond acceptors (Lipinski definition) is 3. The van der Waals surface area contributed by atoms with Crippen LogP contribution in [0.15, 0.2) is 78.9 Å². The summed E-state index contributed by atoms with van der Waals surface area (Å²) in [6, 6.07) is 24.0. The number of rotatable bonds is 12. The highest BCUT2D eigenvalue weighted by atomic mass is 35.5. The molecule has 3 rings (SSSR count). The first kappa shape index (κ1) is 26.3. The number of amides is 2. The first-order valence-electron chi connectivity index (χ1n) is 12.0. The molecule has 0 spiro atoms. The smallest absolute Gasteiger partial charge is 0.261 e. The summed E-state index contributed by atoms with van der Waals surface area (Å²) >= 11 is 6.06. The number of carbonyl (C=O) groups excluding carboxylic acids is 2. The molecule has 0 aliphatic carbocycles. The Bertz CT molecular complexity index is 1090. The summed E-state index contributed by atoms with van der Waals surface area (Å²) in [5.74, 6) is 0.0794. The van der Waals surface area contributed by atoms with Crippen molar-refractivity contribution in [3.05, 3.63) is 101 Å². The normalized spacial score (nSPS) is 11.5.